The standard InChI is InChI=1S/C22H20N4O2S/c1-14-13-19(16-7-5-4-6-8-16)24-22(23-14)29-15(2)20-25-26-21(28-20)17-9-11-18(27-3)12-10-17/h4-13,15H,1-3H3/t15-/m1/s1. The zero-order valence-electron chi connectivity index (χ0n) is 16.4. The molecular formula is C22H20N4O2S. The van der Waals surface area contributed by atoms with Crippen LogP contribution >= 0.6 is 11.8 Å². The zero-order chi connectivity index (χ0) is 20.2. The van der Waals surface area contributed by atoms with Crippen LogP contribution in [0, 0.1) is 6.92 Å². The number of aryl methyl sites for hydroxylation is 1. The van der Waals surface area contributed by atoms with Gasteiger partial charge in [-0.05, 0) is 44.2 Å². The quantitative estimate of drug-likeness (QED) is 0.316. The minimum Gasteiger partial charge on any atom is -0.497 e. The van der Waals surface area contributed by atoms with Gasteiger partial charge in [-0.25, -0.2) is 9.97 Å². The van der Waals surface area contributed by atoms with Crippen LogP contribution in [0.3, 0.4) is 0 Å². The molecule has 0 aliphatic rings. The summed E-state index contributed by atoms with van der Waals surface area (Å²) in [7, 11) is 1.63. The molecule has 0 saturated heterocycles. The average Bonchev–Trinajstić information content (AvgIpc) is 3.24. The van der Waals surface area contributed by atoms with Crippen molar-refractivity contribution in [2.45, 2.75) is 24.3 Å². The summed E-state index contributed by atoms with van der Waals surface area (Å²) in [4.78, 5) is 9.26. The van der Waals surface area contributed by atoms with Gasteiger partial charge in [-0.3, -0.25) is 0 Å². The molecular weight excluding hydrogens is 384 g/mol. The maximum Gasteiger partial charge on any atom is 0.247 e. The van der Waals surface area contributed by atoms with E-state index >= 15 is 0 Å². The minimum absolute atomic E-state index is 0.0834. The van der Waals surface area contributed by atoms with Gasteiger partial charge in [0, 0.05) is 16.8 Å². The van der Waals surface area contributed by atoms with Gasteiger partial charge in [-0.2, -0.15) is 0 Å². The Hall–Kier alpha value is -3.19. The van der Waals surface area contributed by atoms with Gasteiger partial charge in [0.15, 0.2) is 5.16 Å². The molecule has 4 rings (SSSR count). The van der Waals surface area contributed by atoms with Gasteiger partial charge >= 0.3 is 0 Å². The highest BCUT2D eigenvalue weighted by Crippen LogP contribution is 2.34. The fourth-order valence-corrected chi connectivity index (χ4v) is 3.67. The van der Waals surface area contributed by atoms with E-state index < -0.39 is 0 Å². The lowest BCUT2D eigenvalue weighted by molar-refractivity contribution is 0.415. The van der Waals surface area contributed by atoms with E-state index in [1.54, 1.807) is 7.11 Å². The Balaban J connectivity index is 1.53. The topological polar surface area (TPSA) is 73.9 Å². The van der Waals surface area contributed by atoms with Crippen molar-refractivity contribution in [1.82, 2.24) is 20.2 Å². The molecule has 0 spiro atoms. The third kappa shape index (κ3) is 4.46. The summed E-state index contributed by atoms with van der Waals surface area (Å²) in [5, 5.41) is 8.98. The molecule has 29 heavy (non-hydrogen) atoms. The molecule has 0 radical (unpaired) electrons. The van der Waals surface area contributed by atoms with Crippen LogP contribution in [0.5, 0.6) is 5.75 Å². The first-order chi connectivity index (χ1) is 14.1. The average molecular weight is 404 g/mol. The third-order valence-electron chi connectivity index (χ3n) is 4.31. The lowest BCUT2D eigenvalue weighted by Crippen LogP contribution is -1.96. The molecule has 146 valence electrons. The number of rotatable bonds is 6. The number of hydrogen-bond acceptors (Lipinski definition) is 7. The van der Waals surface area contributed by atoms with Gasteiger partial charge in [0.25, 0.3) is 0 Å². The predicted molar refractivity (Wildman–Crippen MR) is 113 cm³/mol. The summed E-state index contributed by atoms with van der Waals surface area (Å²) >= 11 is 1.50. The van der Waals surface area contributed by atoms with Crippen LogP contribution in [0.25, 0.3) is 22.7 Å². The van der Waals surface area contributed by atoms with Crippen molar-refractivity contribution in [3.8, 4) is 28.5 Å². The highest BCUT2D eigenvalue weighted by Gasteiger charge is 2.18. The summed E-state index contributed by atoms with van der Waals surface area (Å²) < 4.78 is 11.1. The number of hydrogen-bond donors (Lipinski definition) is 0. The van der Waals surface area contributed by atoms with Crippen molar-refractivity contribution in [1.29, 1.82) is 0 Å². The summed E-state index contributed by atoms with van der Waals surface area (Å²) in [6, 6.07) is 19.6. The Kier molecular flexibility index (Phi) is 5.57. The van der Waals surface area contributed by atoms with Crippen molar-refractivity contribution >= 4 is 11.8 Å². The third-order valence-corrected chi connectivity index (χ3v) is 5.26. The normalized spacial score (nSPS) is 12.0. The van der Waals surface area contributed by atoms with E-state index in [0.29, 0.717) is 16.9 Å². The first-order valence-corrected chi connectivity index (χ1v) is 10.1. The molecule has 0 unspecified atom stereocenters. The second-order valence-corrected chi connectivity index (χ2v) is 7.79. The molecule has 0 amide bonds. The van der Waals surface area contributed by atoms with Gasteiger partial charge in [-0.1, -0.05) is 42.1 Å². The first-order valence-electron chi connectivity index (χ1n) is 9.18. The van der Waals surface area contributed by atoms with E-state index in [1.165, 1.54) is 11.8 Å². The largest absolute Gasteiger partial charge is 0.497 e. The Morgan fingerprint density at radius 3 is 2.41 bits per heavy atom. The predicted octanol–water partition coefficient (Wildman–Crippen LogP) is 5.36. The van der Waals surface area contributed by atoms with Gasteiger partial charge < -0.3 is 9.15 Å². The van der Waals surface area contributed by atoms with Crippen molar-refractivity contribution in [2.24, 2.45) is 0 Å². The fraction of sp³-hybridized carbons (Fsp3) is 0.182. The zero-order valence-corrected chi connectivity index (χ0v) is 17.2. The van der Waals surface area contributed by atoms with Gasteiger partial charge in [0.1, 0.15) is 5.75 Å². The number of nitrogens with zero attached hydrogens (tertiary/aromatic N) is 4. The number of ether oxygens (including phenoxy) is 1. The Labute approximate surface area is 173 Å². The molecule has 0 aliphatic heterocycles. The van der Waals surface area contributed by atoms with Crippen molar-refractivity contribution < 1.29 is 9.15 Å². The van der Waals surface area contributed by atoms with Gasteiger partial charge in [-0.15, -0.1) is 10.2 Å². The van der Waals surface area contributed by atoms with Crippen molar-refractivity contribution in [3.63, 3.8) is 0 Å². The fourth-order valence-electron chi connectivity index (χ4n) is 2.81. The number of aromatic nitrogens is 4. The van der Waals surface area contributed by atoms with Gasteiger partial charge in [0.2, 0.25) is 11.8 Å². The lowest BCUT2D eigenvalue weighted by atomic mass is 10.1. The second-order valence-electron chi connectivity index (χ2n) is 6.48. The molecule has 6 nitrogen and oxygen atoms in total. The molecule has 0 saturated carbocycles. The highest BCUT2D eigenvalue weighted by molar-refractivity contribution is 7.99. The lowest BCUT2D eigenvalue weighted by Gasteiger charge is -2.08. The molecule has 2 aromatic carbocycles. The summed E-state index contributed by atoms with van der Waals surface area (Å²) in [5.74, 6) is 1.79. The molecule has 0 bridgehead atoms. The number of benzene rings is 2. The monoisotopic (exact) mass is 404 g/mol. The molecule has 2 heterocycles. The van der Waals surface area contributed by atoms with E-state index in [4.69, 9.17) is 14.1 Å². The number of thioether (sulfide) groups is 1. The van der Waals surface area contributed by atoms with Crippen LogP contribution in [0.1, 0.15) is 23.8 Å². The van der Waals surface area contributed by atoms with Crippen molar-refractivity contribution in [3.05, 3.63) is 72.2 Å². The minimum atomic E-state index is -0.0834. The van der Waals surface area contributed by atoms with Crippen LogP contribution in [-0.4, -0.2) is 27.3 Å². The van der Waals surface area contributed by atoms with Crippen LogP contribution in [-0.2, 0) is 0 Å². The Morgan fingerprint density at radius 1 is 0.931 bits per heavy atom. The van der Waals surface area contributed by atoms with Crippen LogP contribution in [0.4, 0.5) is 0 Å². The Bertz CT molecular complexity index is 1100. The molecule has 7 heteroatoms. The summed E-state index contributed by atoms with van der Waals surface area (Å²) in [5.41, 5.74) is 3.72. The van der Waals surface area contributed by atoms with Crippen LogP contribution in [0.15, 0.2) is 70.2 Å². The first kappa shape index (κ1) is 19.1. The van der Waals surface area contributed by atoms with E-state index in [2.05, 4.69) is 15.2 Å². The Morgan fingerprint density at radius 2 is 1.69 bits per heavy atom. The molecule has 1 atom stereocenters. The molecule has 0 aliphatic carbocycles. The van der Waals surface area contributed by atoms with E-state index in [9.17, 15) is 0 Å². The molecule has 4 aromatic rings. The van der Waals surface area contributed by atoms with Crippen LogP contribution in [0.2, 0.25) is 0 Å². The van der Waals surface area contributed by atoms with Crippen LogP contribution < -0.4 is 4.74 Å². The van der Waals surface area contributed by atoms with Gasteiger partial charge in [0.05, 0.1) is 18.1 Å². The maximum absolute atomic E-state index is 5.88. The van der Waals surface area contributed by atoms with Crippen molar-refractivity contribution in [2.75, 3.05) is 7.11 Å². The molecule has 0 fully saturated rings. The van der Waals surface area contributed by atoms with E-state index in [1.807, 2.05) is 74.5 Å². The highest BCUT2D eigenvalue weighted by atomic mass is 32.2. The maximum atomic E-state index is 5.88. The summed E-state index contributed by atoms with van der Waals surface area (Å²) in [6.07, 6.45) is 0. The smallest absolute Gasteiger partial charge is 0.247 e. The number of methoxy groups -OCH3 is 1. The second kappa shape index (κ2) is 8.45. The van der Waals surface area contributed by atoms with E-state index in [0.717, 1.165) is 28.3 Å². The summed E-state index contributed by atoms with van der Waals surface area (Å²) in [6.45, 7) is 3.97. The van der Waals surface area contributed by atoms with E-state index in [-0.39, 0.29) is 5.25 Å². The SMILES string of the molecule is COc1ccc(-c2nnc([C@@H](C)Sc3nc(C)cc(-c4ccccc4)n3)o2)cc1. The molecule has 0 N–H and O–H groups in total. The molecule has 2 aromatic heterocycles.